The standard InChI is InChI=1S/C23H21Cl2N3O4S/c1-33(30,31)28(22-13-19(24)9-12-21(22)25)15-23(29)27-26-14-17-7-10-20(11-8-17)32-16-18-5-3-2-4-6-18/h2-14H,15-16H2,1H3,(H,27,29)/b26-14-. The van der Waals surface area contributed by atoms with Crippen LogP contribution in [0.15, 0.2) is 77.9 Å². The average Bonchev–Trinajstić information content (AvgIpc) is 2.79. The molecule has 0 aliphatic heterocycles. The Balaban J connectivity index is 1.57. The number of benzene rings is 3. The number of anilines is 1. The molecule has 0 bridgehead atoms. The lowest BCUT2D eigenvalue weighted by molar-refractivity contribution is -0.119. The van der Waals surface area contributed by atoms with Crippen molar-refractivity contribution in [1.82, 2.24) is 5.43 Å². The molecule has 0 fully saturated rings. The molecule has 0 atom stereocenters. The topological polar surface area (TPSA) is 88.1 Å². The van der Waals surface area contributed by atoms with E-state index in [-0.39, 0.29) is 15.7 Å². The number of ether oxygens (including phenoxy) is 1. The summed E-state index contributed by atoms with van der Waals surface area (Å²) in [6, 6.07) is 21.3. The molecule has 33 heavy (non-hydrogen) atoms. The smallest absolute Gasteiger partial charge is 0.260 e. The van der Waals surface area contributed by atoms with Crippen LogP contribution in [0.1, 0.15) is 11.1 Å². The van der Waals surface area contributed by atoms with Crippen LogP contribution in [0.2, 0.25) is 10.0 Å². The van der Waals surface area contributed by atoms with Gasteiger partial charge in [-0.2, -0.15) is 5.10 Å². The maximum absolute atomic E-state index is 12.3. The zero-order valence-corrected chi connectivity index (χ0v) is 19.9. The second-order valence-corrected chi connectivity index (χ2v) is 9.75. The van der Waals surface area contributed by atoms with Crippen LogP contribution in [-0.4, -0.2) is 33.3 Å². The molecule has 3 aromatic carbocycles. The molecule has 1 amide bonds. The highest BCUT2D eigenvalue weighted by Crippen LogP contribution is 2.30. The van der Waals surface area contributed by atoms with Gasteiger partial charge in [0.1, 0.15) is 18.9 Å². The molecule has 1 N–H and O–H groups in total. The lowest BCUT2D eigenvalue weighted by Crippen LogP contribution is -2.39. The molecule has 0 radical (unpaired) electrons. The minimum atomic E-state index is -3.80. The second-order valence-electron chi connectivity index (χ2n) is 7.00. The summed E-state index contributed by atoms with van der Waals surface area (Å²) in [7, 11) is -3.80. The van der Waals surface area contributed by atoms with Crippen LogP contribution >= 0.6 is 23.2 Å². The largest absolute Gasteiger partial charge is 0.489 e. The van der Waals surface area contributed by atoms with Gasteiger partial charge in [0.15, 0.2) is 0 Å². The predicted octanol–water partition coefficient (Wildman–Crippen LogP) is 4.49. The van der Waals surface area contributed by atoms with Crippen LogP contribution in [0.5, 0.6) is 5.75 Å². The predicted molar refractivity (Wildman–Crippen MR) is 132 cm³/mol. The van der Waals surface area contributed by atoms with Gasteiger partial charge in [0.25, 0.3) is 5.91 Å². The molecule has 0 spiro atoms. The van der Waals surface area contributed by atoms with Crippen LogP contribution in [0, 0.1) is 0 Å². The van der Waals surface area contributed by atoms with E-state index in [0.717, 1.165) is 21.7 Å². The van der Waals surface area contributed by atoms with Gasteiger partial charge in [-0.05, 0) is 53.6 Å². The van der Waals surface area contributed by atoms with E-state index >= 15 is 0 Å². The molecule has 0 heterocycles. The summed E-state index contributed by atoms with van der Waals surface area (Å²) < 4.78 is 31.0. The van der Waals surface area contributed by atoms with E-state index in [1.165, 1.54) is 24.4 Å². The number of hydrogen-bond donors (Lipinski definition) is 1. The van der Waals surface area contributed by atoms with Crippen molar-refractivity contribution >= 4 is 51.0 Å². The molecule has 172 valence electrons. The Kier molecular flexibility index (Phi) is 8.32. The summed E-state index contributed by atoms with van der Waals surface area (Å²) in [6.45, 7) is -0.0552. The average molecular weight is 506 g/mol. The van der Waals surface area contributed by atoms with Gasteiger partial charge in [-0.15, -0.1) is 0 Å². The molecule has 3 rings (SSSR count). The van der Waals surface area contributed by atoms with Gasteiger partial charge in [0.2, 0.25) is 10.0 Å². The quantitative estimate of drug-likeness (QED) is 0.342. The van der Waals surface area contributed by atoms with Gasteiger partial charge in [-0.3, -0.25) is 9.10 Å². The fraction of sp³-hybridized carbons (Fsp3) is 0.130. The molecule has 10 heteroatoms. The van der Waals surface area contributed by atoms with E-state index in [2.05, 4.69) is 10.5 Å². The number of rotatable bonds is 9. The molecule has 0 saturated carbocycles. The van der Waals surface area contributed by atoms with Crippen molar-refractivity contribution in [3.05, 3.63) is 94.0 Å². The summed E-state index contributed by atoms with van der Waals surface area (Å²) >= 11 is 12.0. The third kappa shape index (κ3) is 7.49. The molecule has 0 aromatic heterocycles. The Morgan fingerprint density at radius 3 is 2.42 bits per heavy atom. The highest BCUT2D eigenvalue weighted by molar-refractivity contribution is 7.92. The van der Waals surface area contributed by atoms with Gasteiger partial charge in [-0.1, -0.05) is 53.5 Å². The lowest BCUT2D eigenvalue weighted by atomic mass is 10.2. The molecule has 0 unspecified atom stereocenters. The van der Waals surface area contributed by atoms with Crippen molar-refractivity contribution in [2.45, 2.75) is 6.61 Å². The number of hydrazone groups is 1. The number of carbonyl (C=O) groups is 1. The van der Waals surface area contributed by atoms with Crippen LogP contribution in [0.25, 0.3) is 0 Å². The normalized spacial score (nSPS) is 11.4. The first-order valence-corrected chi connectivity index (χ1v) is 12.3. The third-order valence-electron chi connectivity index (χ3n) is 4.40. The monoisotopic (exact) mass is 505 g/mol. The van der Waals surface area contributed by atoms with Crippen molar-refractivity contribution in [1.29, 1.82) is 0 Å². The number of halogens is 2. The minimum Gasteiger partial charge on any atom is -0.489 e. The van der Waals surface area contributed by atoms with E-state index in [1.54, 1.807) is 24.3 Å². The first-order chi connectivity index (χ1) is 15.7. The van der Waals surface area contributed by atoms with Crippen LogP contribution in [-0.2, 0) is 21.4 Å². The Labute approximate surface area is 202 Å². The van der Waals surface area contributed by atoms with Crippen molar-refractivity contribution in [3.63, 3.8) is 0 Å². The molecular formula is C23H21Cl2N3O4S. The van der Waals surface area contributed by atoms with Crippen LogP contribution < -0.4 is 14.5 Å². The maximum Gasteiger partial charge on any atom is 0.260 e. The molecule has 0 saturated heterocycles. The zero-order chi connectivity index (χ0) is 23.8. The highest BCUT2D eigenvalue weighted by Gasteiger charge is 2.23. The number of amides is 1. The van der Waals surface area contributed by atoms with Crippen molar-refractivity contribution in [2.75, 3.05) is 17.1 Å². The Bertz CT molecular complexity index is 1230. The van der Waals surface area contributed by atoms with E-state index in [1.807, 2.05) is 30.3 Å². The third-order valence-corrected chi connectivity index (χ3v) is 6.08. The fourth-order valence-corrected chi connectivity index (χ4v) is 4.09. The highest BCUT2D eigenvalue weighted by atomic mass is 35.5. The van der Waals surface area contributed by atoms with Gasteiger partial charge < -0.3 is 4.74 Å². The number of hydrogen-bond acceptors (Lipinski definition) is 5. The second kappa shape index (κ2) is 11.2. The summed E-state index contributed by atoms with van der Waals surface area (Å²) in [6.07, 6.45) is 2.41. The van der Waals surface area contributed by atoms with Gasteiger partial charge in [0, 0.05) is 5.02 Å². The van der Waals surface area contributed by atoms with Gasteiger partial charge in [-0.25, -0.2) is 13.8 Å². The number of sulfonamides is 1. The molecule has 7 nitrogen and oxygen atoms in total. The van der Waals surface area contributed by atoms with Crippen molar-refractivity contribution in [3.8, 4) is 5.75 Å². The molecule has 0 aliphatic carbocycles. The SMILES string of the molecule is CS(=O)(=O)N(CC(=O)N/N=C\c1ccc(OCc2ccccc2)cc1)c1cc(Cl)ccc1Cl. The number of carbonyl (C=O) groups excluding carboxylic acids is 1. The van der Waals surface area contributed by atoms with E-state index in [0.29, 0.717) is 12.4 Å². The van der Waals surface area contributed by atoms with Crippen LogP contribution in [0.4, 0.5) is 5.69 Å². The molecule has 0 aliphatic rings. The minimum absolute atomic E-state index is 0.108. The summed E-state index contributed by atoms with van der Waals surface area (Å²) in [5.41, 5.74) is 4.21. The molecular weight excluding hydrogens is 485 g/mol. The van der Waals surface area contributed by atoms with E-state index < -0.39 is 22.5 Å². The molecule has 3 aromatic rings. The zero-order valence-electron chi connectivity index (χ0n) is 17.6. The van der Waals surface area contributed by atoms with E-state index in [9.17, 15) is 13.2 Å². The number of nitrogens with one attached hydrogen (secondary N) is 1. The Morgan fingerprint density at radius 2 is 1.76 bits per heavy atom. The number of nitrogens with zero attached hydrogens (tertiary/aromatic N) is 2. The maximum atomic E-state index is 12.3. The van der Waals surface area contributed by atoms with E-state index in [4.69, 9.17) is 27.9 Å². The van der Waals surface area contributed by atoms with Crippen molar-refractivity contribution < 1.29 is 17.9 Å². The van der Waals surface area contributed by atoms with Gasteiger partial charge >= 0.3 is 0 Å². The van der Waals surface area contributed by atoms with Crippen molar-refractivity contribution in [2.24, 2.45) is 5.10 Å². The summed E-state index contributed by atoms with van der Waals surface area (Å²) in [4.78, 5) is 12.3. The summed E-state index contributed by atoms with van der Waals surface area (Å²) in [5.74, 6) is 0.0535. The first kappa shape index (κ1) is 24.6. The van der Waals surface area contributed by atoms with Crippen LogP contribution in [0.3, 0.4) is 0 Å². The lowest BCUT2D eigenvalue weighted by Gasteiger charge is -2.22. The first-order valence-electron chi connectivity index (χ1n) is 9.74. The Morgan fingerprint density at radius 1 is 1.06 bits per heavy atom. The Hall–Kier alpha value is -3.07. The summed E-state index contributed by atoms with van der Waals surface area (Å²) in [5, 5.41) is 4.33. The van der Waals surface area contributed by atoms with Gasteiger partial charge in [0.05, 0.1) is 23.2 Å². The fourth-order valence-electron chi connectivity index (χ4n) is 2.79.